The summed E-state index contributed by atoms with van der Waals surface area (Å²) in [7, 11) is 0. The van der Waals surface area contributed by atoms with Gasteiger partial charge in [-0.05, 0) is 69.2 Å². The number of benzene rings is 2. The van der Waals surface area contributed by atoms with E-state index in [1.54, 1.807) is 13.0 Å². The molecule has 0 saturated carbocycles. The fourth-order valence-electron chi connectivity index (χ4n) is 3.41. The fraction of sp³-hybridized carbons (Fsp3) is 0.375. The number of fused-ring (bicyclic) bond motifs is 1. The van der Waals surface area contributed by atoms with Gasteiger partial charge in [-0.3, -0.25) is 5.43 Å². The van der Waals surface area contributed by atoms with Gasteiger partial charge in [0.1, 0.15) is 17.1 Å². The molecular weight excluding hydrogens is 426 g/mol. The van der Waals surface area contributed by atoms with Gasteiger partial charge in [-0.1, -0.05) is 25.1 Å². The van der Waals surface area contributed by atoms with Crippen LogP contribution in [0.2, 0.25) is 0 Å². The zero-order valence-corrected chi connectivity index (χ0v) is 19.7. The molecule has 0 fully saturated rings. The average molecular weight is 456 g/mol. The van der Waals surface area contributed by atoms with Crippen molar-refractivity contribution in [2.45, 2.75) is 46.1 Å². The zero-order chi connectivity index (χ0) is 23.1. The van der Waals surface area contributed by atoms with Gasteiger partial charge in [0.25, 0.3) is 0 Å². The molecule has 0 aliphatic carbocycles. The molecule has 0 unspecified atom stereocenters. The summed E-state index contributed by atoms with van der Waals surface area (Å²) in [6, 6.07) is 13.4. The summed E-state index contributed by atoms with van der Waals surface area (Å²) in [4.78, 5) is 11.6. The van der Waals surface area contributed by atoms with E-state index in [0.29, 0.717) is 29.6 Å². The third-order valence-corrected chi connectivity index (χ3v) is 5.04. The highest BCUT2D eigenvalue weighted by Gasteiger charge is 2.31. The summed E-state index contributed by atoms with van der Waals surface area (Å²) in [5.41, 5.74) is 6.22. The summed E-state index contributed by atoms with van der Waals surface area (Å²) >= 11 is 5.45. The van der Waals surface area contributed by atoms with Gasteiger partial charge in [-0.2, -0.15) is 5.10 Å². The summed E-state index contributed by atoms with van der Waals surface area (Å²) < 4.78 is 16.6. The van der Waals surface area contributed by atoms with Crippen molar-refractivity contribution in [1.29, 1.82) is 0 Å². The van der Waals surface area contributed by atoms with Gasteiger partial charge in [-0.25, -0.2) is 4.79 Å². The van der Waals surface area contributed by atoms with E-state index in [2.05, 4.69) is 28.8 Å². The molecular formula is C24H29N3O4S. The lowest BCUT2D eigenvalue weighted by atomic mass is 9.92. The monoisotopic (exact) mass is 455 g/mol. The van der Waals surface area contributed by atoms with Crippen LogP contribution in [0.25, 0.3) is 0 Å². The van der Waals surface area contributed by atoms with Crippen molar-refractivity contribution in [1.82, 2.24) is 5.43 Å². The predicted molar refractivity (Wildman–Crippen MR) is 130 cm³/mol. The molecule has 2 aromatic carbocycles. The second-order valence-electron chi connectivity index (χ2n) is 7.93. The quantitative estimate of drug-likeness (QED) is 0.363. The number of carbonyl (C=O) groups is 1. The van der Waals surface area contributed by atoms with Crippen LogP contribution in [-0.2, 0) is 16.0 Å². The van der Waals surface area contributed by atoms with Crippen LogP contribution >= 0.6 is 12.2 Å². The first-order chi connectivity index (χ1) is 15.3. The van der Waals surface area contributed by atoms with Gasteiger partial charge < -0.3 is 19.5 Å². The van der Waals surface area contributed by atoms with Gasteiger partial charge in [0, 0.05) is 17.7 Å². The van der Waals surface area contributed by atoms with Crippen molar-refractivity contribution in [3.05, 3.63) is 53.6 Å². The second kappa shape index (κ2) is 10.5. The Morgan fingerprint density at radius 2 is 2.00 bits per heavy atom. The first-order valence-corrected chi connectivity index (χ1v) is 11.1. The fourth-order valence-corrected chi connectivity index (χ4v) is 3.56. The molecule has 0 spiro atoms. The van der Waals surface area contributed by atoms with Crippen LogP contribution in [0.3, 0.4) is 0 Å². The number of thiocarbonyl (C=S) groups is 1. The highest BCUT2D eigenvalue weighted by atomic mass is 32.1. The number of hydrogen-bond donors (Lipinski definition) is 2. The predicted octanol–water partition coefficient (Wildman–Crippen LogP) is 4.44. The number of nitrogens with zero attached hydrogens (tertiary/aromatic N) is 1. The Kier molecular flexibility index (Phi) is 7.69. The summed E-state index contributed by atoms with van der Waals surface area (Å²) in [5, 5.41) is 8.18. The van der Waals surface area contributed by atoms with E-state index in [1.807, 2.05) is 44.2 Å². The van der Waals surface area contributed by atoms with Crippen molar-refractivity contribution in [2.75, 3.05) is 18.5 Å². The maximum absolute atomic E-state index is 11.6. The molecule has 1 heterocycles. The smallest absolute Gasteiger partial charge is 0.344 e. The Balaban J connectivity index is 1.77. The molecule has 32 heavy (non-hydrogen) atoms. The van der Waals surface area contributed by atoms with Crippen molar-refractivity contribution >= 4 is 34.7 Å². The minimum atomic E-state index is -0.426. The number of hydrogen-bond acceptors (Lipinski definition) is 6. The minimum absolute atomic E-state index is 0.158. The highest BCUT2D eigenvalue weighted by Crippen LogP contribution is 2.35. The molecule has 1 aliphatic rings. The molecule has 0 aromatic heterocycles. The SMILES string of the molecule is CCOC(=O)COc1ccc2c(c1)C(=NNC(=S)Nc1ccccc1CC)CC(C)(C)O2. The average Bonchev–Trinajstić information content (AvgIpc) is 2.76. The molecule has 3 rings (SSSR count). The van der Waals surface area contributed by atoms with Crippen LogP contribution in [0, 0.1) is 0 Å². The van der Waals surface area contributed by atoms with Gasteiger partial charge in [-0.15, -0.1) is 0 Å². The van der Waals surface area contributed by atoms with Crippen LogP contribution in [0.15, 0.2) is 47.6 Å². The minimum Gasteiger partial charge on any atom is -0.487 e. The summed E-state index contributed by atoms with van der Waals surface area (Å²) in [6.45, 7) is 8.02. The molecule has 0 bridgehead atoms. The number of para-hydroxylation sites is 1. The first kappa shape index (κ1) is 23.5. The molecule has 8 heteroatoms. The molecule has 1 aliphatic heterocycles. The van der Waals surface area contributed by atoms with E-state index in [1.165, 1.54) is 5.56 Å². The Labute approximate surface area is 194 Å². The highest BCUT2D eigenvalue weighted by molar-refractivity contribution is 7.80. The third-order valence-electron chi connectivity index (χ3n) is 4.84. The lowest BCUT2D eigenvalue weighted by Gasteiger charge is -2.33. The number of hydrazone groups is 1. The topological polar surface area (TPSA) is 81.2 Å². The molecule has 0 amide bonds. The van der Waals surface area contributed by atoms with E-state index >= 15 is 0 Å². The van der Waals surface area contributed by atoms with E-state index in [4.69, 9.17) is 26.4 Å². The van der Waals surface area contributed by atoms with Crippen LogP contribution < -0.4 is 20.2 Å². The number of ether oxygens (including phenoxy) is 3. The normalized spacial score (nSPS) is 15.3. The summed E-state index contributed by atoms with van der Waals surface area (Å²) in [6.07, 6.45) is 1.47. The van der Waals surface area contributed by atoms with E-state index in [-0.39, 0.29) is 6.61 Å². The Hall–Kier alpha value is -3.13. The molecule has 0 radical (unpaired) electrons. The number of nitrogens with one attached hydrogen (secondary N) is 2. The molecule has 0 saturated heterocycles. The lowest BCUT2D eigenvalue weighted by molar-refractivity contribution is -0.145. The Bertz CT molecular complexity index is 1020. The van der Waals surface area contributed by atoms with Crippen molar-refractivity contribution in [3.8, 4) is 11.5 Å². The van der Waals surface area contributed by atoms with E-state index in [0.717, 1.165) is 23.4 Å². The third kappa shape index (κ3) is 6.20. The number of aryl methyl sites for hydroxylation is 1. The van der Waals surface area contributed by atoms with Gasteiger partial charge in [0.15, 0.2) is 11.7 Å². The summed E-state index contributed by atoms with van der Waals surface area (Å²) in [5.74, 6) is 0.813. The number of rotatable bonds is 7. The maximum atomic E-state index is 11.6. The van der Waals surface area contributed by atoms with Crippen LogP contribution in [0.4, 0.5) is 5.69 Å². The van der Waals surface area contributed by atoms with Crippen LogP contribution in [0.1, 0.15) is 45.2 Å². The van der Waals surface area contributed by atoms with Crippen molar-refractivity contribution in [2.24, 2.45) is 5.10 Å². The number of anilines is 1. The molecule has 2 aromatic rings. The number of esters is 1. The Morgan fingerprint density at radius 3 is 2.75 bits per heavy atom. The van der Waals surface area contributed by atoms with Gasteiger partial charge in [0.2, 0.25) is 0 Å². The van der Waals surface area contributed by atoms with Gasteiger partial charge >= 0.3 is 5.97 Å². The zero-order valence-electron chi connectivity index (χ0n) is 18.9. The van der Waals surface area contributed by atoms with Gasteiger partial charge in [0.05, 0.1) is 12.3 Å². The maximum Gasteiger partial charge on any atom is 0.344 e. The van der Waals surface area contributed by atoms with Crippen LogP contribution in [-0.4, -0.2) is 35.6 Å². The largest absolute Gasteiger partial charge is 0.487 e. The Morgan fingerprint density at radius 1 is 1.22 bits per heavy atom. The lowest BCUT2D eigenvalue weighted by Crippen LogP contribution is -2.37. The second-order valence-corrected chi connectivity index (χ2v) is 8.33. The van der Waals surface area contributed by atoms with Crippen molar-refractivity contribution < 1.29 is 19.0 Å². The molecule has 0 atom stereocenters. The number of carbonyl (C=O) groups excluding carboxylic acids is 1. The molecule has 2 N–H and O–H groups in total. The standard InChI is InChI=1S/C24H29N3O4S/c1-5-16-9-7-8-10-19(16)25-23(32)27-26-20-14-24(3,4)31-21-12-11-17(13-18(20)21)30-15-22(28)29-6-2/h7-13H,5-6,14-15H2,1-4H3,(H2,25,27,32). The van der Waals surface area contributed by atoms with E-state index < -0.39 is 11.6 Å². The molecule has 170 valence electrons. The first-order valence-electron chi connectivity index (χ1n) is 10.6. The van der Waals surface area contributed by atoms with Crippen LogP contribution in [0.5, 0.6) is 11.5 Å². The van der Waals surface area contributed by atoms with E-state index in [9.17, 15) is 4.79 Å². The van der Waals surface area contributed by atoms with Crippen molar-refractivity contribution in [3.63, 3.8) is 0 Å². The molecule has 7 nitrogen and oxygen atoms in total.